The van der Waals surface area contributed by atoms with Crippen molar-refractivity contribution in [1.82, 2.24) is 15.2 Å². The van der Waals surface area contributed by atoms with Crippen LogP contribution >= 0.6 is 0 Å². The summed E-state index contributed by atoms with van der Waals surface area (Å²) in [5, 5.41) is 6.70. The fraction of sp³-hybridized carbons (Fsp3) is 0.0667. The molecule has 0 fully saturated rings. The molecule has 3 aromatic rings. The van der Waals surface area contributed by atoms with E-state index in [9.17, 15) is 13.2 Å². The summed E-state index contributed by atoms with van der Waals surface area (Å²) in [4.78, 5) is 3.92. The molecule has 0 unspecified atom stereocenters. The number of benzene rings is 1. The number of aromatic amines is 1. The molecule has 0 radical (unpaired) electrons. The number of nitrogens with zero attached hydrogens (tertiary/aromatic N) is 2. The Morgan fingerprint density at radius 3 is 2.43 bits per heavy atom. The van der Waals surface area contributed by atoms with Crippen LogP contribution in [0, 0.1) is 0 Å². The van der Waals surface area contributed by atoms with Gasteiger partial charge in [0.1, 0.15) is 0 Å². The largest absolute Gasteiger partial charge is 0.416 e. The molecule has 21 heavy (non-hydrogen) atoms. The van der Waals surface area contributed by atoms with Crippen LogP contribution in [-0.2, 0) is 6.18 Å². The van der Waals surface area contributed by atoms with Crippen LogP contribution in [0.15, 0.2) is 55.0 Å². The van der Waals surface area contributed by atoms with Crippen molar-refractivity contribution in [2.75, 3.05) is 0 Å². The lowest BCUT2D eigenvalue weighted by Crippen LogP contribution is -2.04. The Balaban J connectivity index is 2.09. The monoisotopic (exact) mass is 289 g/mol. The van der Waals surface area contributed by atoms with Gasteiger partial charge in [0.15, 0.2) is 0 Å². The van der Waals surface area contributed by atoms with Crippen LogP contribution in [-0.4, -0.2) is 15.2 Å². The third-order valence-electron chi connectivity index (χ3n) is 3.11. The normalized spacial score (nSPS) is 11.6. The van der Waals surface area contributed by atoms with Crippen LogP contribution in [0.3, 0.4) is 0 Å². The molecule has 2 aromatic heterocycles. The second-order valence-electron chi connectivity index (χ2n) is 4.47. The number of hydrogen-bond donors (Lipinski definition) is 1. The van der Waals surface area contributed by atoms with Crippen molar-refractivity contribution in [3.63, 3.8) is 0 Å². The molecule has 2 heterocycles. The topological polar surface area (TPSA) is 41.6 Å². The zero-order valence-electron chi connectivity index (χ0n) is 10.7. The van der Waals surface area contributed by atoms with Crippen LogP contribution < -0.4 is 0 Å². The maximum Gasteiger partial charge on any atom is 0.416 e. The van der Waals surface area contributed by atoms with E-state index >= 15 is 0 Å². The average Bonchev–Trinajstić information content (AvgIpc) is 2.97. The second-order valence-corrected chi connectivity index (χ2v) is 4.47. The zero-order chi connectivity index (χ0) is 14.9. The van der Waals surface area contributed by atoms with Gasteiger partial charge in [0, 0.05) is 23.5 Å². The van der Waals surface area contributed by atoms with E-state index in [1.165, 1.54) is 6.07 Å². The van der Waals surface area contributed by atoms with Gasteiger partial charge in [-0.05, 0) is 29.8 Å². The molecule has 1 aromatic carbocycles. The first-order valence-corrected chi connectivity index (χ1v) is 6.17. The van der Waals surface area contributed by atoms with Crippen molar-refractivity contribution < 1.29 is 13.2 Å². The molecule has 0 aliphatic carbocycles. The molecule has 3 nitrogen and oxygen atoms in total. The molecule has 106 valence electrons. The van der Waals surface area contributed by atoms with Gasteiger partial charge >= 0.3 is 6.18 Å². The van der Waals surface area contributed by atoms with E-state index in [1.54, 1.807) is 36.8 Å². The molecule has 0 saturated heterocycles. The summed E-state index contributed by atoms with van der Waals surface area (Å²) >= 11 is 0. The Kier molecular flexibility index (Phi) is 3.21. The Bertz CT molecular complexity index is 748. The number of aromatic nitrogens is 3. The second kappa shape index (κ2) is 5.05. The molecular weight excluding hydrogens is 279 g/mol. The molecule has 0 bridgehead atoms. The molecule has 0 atom stereocenters. The quantitative estimate of drug-likeness (QED) is 0.769. The molecule has 3 rings (SSSR count). The lowest BCUT2D eigenvalue weighted by Gasteiger charge is -2.09. The lowest BCUT2D eigenvalue weighted by molar-refractivity contribution is -0.137. The average molecular weight is 289 g/mol. The van der Waals surface area contributed by atoms with E-state index in [0.29, 0.717) is 11.3 Å². The summed E-state index contributed by atoms with van der Waals surface area (Å²) in [7, 11) is 0. The third kappa shape index (κ3) is 2.65. The van der Waals surface area contributed by atoms with Crippen LogP contribution in [0.25, 0.3) is 22.4 Å². The standard InChI is InChI=1S/C15H10F3N3/c16-15(17,18)12-3-1-2-11(8-12)14-13(9-20-21-14)10-4-6-19-7-5-10/h1-9H,(H,20,21). The smallest absolute Gasteiger partial charge is 0.277 e. The van der Waals surface area contributed by atoms with Gasteiger partial charge in [-0.15, -0.1) is 0 Å². The molecule has 1 N–H and O–H groups in total. The van der Waals surface area contributed by atoms with Crippen LogP contribution in [0.1, 0.15) is 5.56 Å². The molecule has 0 spiro atoms. The van der Waals surface area contributed by atoms with Crippen molar-refractivity contribution in [1.29, 1.82) is 0 Å². The van der Waals surface area contributed by atoms with Gasteiger partial charge in [-0.3, -0.25) is 10.1 Å². The van der Waals surface area contributed by atoms with Gasteiger partial charge in [-0.25, -0.2) is 0 Å². The van der Waals surface area contributed by atoms with Gasteiger partial charge < -0.3 is 0 Å². The maximum atomic E-state index is 12.8. The summed E-state index contributed by atoms with van der Waals surface area (Å²) < 4.78 is 38.4. The zero-order valence-corrected chi connectivity index (χ0v) is 10.7. The van der Waals surface area contributed by atoms with E-state index in [4.69, 9.17) is 0 Å². The minimum absolute atomic E-state index is 0.439. The molecule has 0 amide bonds. The van der Waals surface area contributed by atoms with Crippen molar-refractivity contribution >= 4 is 0 Å². The van der Waals surface area contributed by atoms with Crippen molar-refractivity contribution in [3.8, 4) is 22.4 Å². The molecule has 6 heteroatoms. The van der Waals surface area contributed by atoms with E-state index in [0.717, 1.165) is 23.3 Å². The van der Waals surface area contributed by atoms with E-state index in [-0.39, 0.29) is 0 Å². The van der Waals surface area contributed by atoms with Crippen molar-refractivity contribution in [2.45, 2.75) is 6.18 Å². The van der Waals surface area contributed by atoms with Gasteiger partial charge in [-0.2, -0.15) is 18.3 Å². The van der Waals surface area contributed by atoms with Crippen LogP contribution in [0.5, 0.6) is 0 Å². The SMILES string of the molecule is FC(F)(F)c1cccc(-c2[nH]ncc2-c2ccncc2)c1. The molecule has 0 aliphatic heterocycles. The van der Waals surface area contributed by atoms with Crippen LogP contribution in [0.2, 0.25) is 0 Å². The number of rotatable bonds is 2. The predicted molar refractivity (Wildman–Crippen MR) is 72.3 cm³/mol. The number of hydrogen-bond acceptors (Lipinski definition) is 2. The first-order chi connectivity index (χ1) is 10.1. The van der Waals surface area contributed by atoms with Crippen LogP contribution in [0.4, 0.5) is 13.2 Å². The number of H-pyrrole nitrogens is 1. The van der Waals surface area contributed by atoms with Gasteiger partial charge in [0.25, 0.3) is 0 Å². The highest BCUT2D eigenvalue weighted by atomic mass is 19.4. The Morgan fingerprint density at radius 2 is 1.71 bits per heavy atom. The minimum Gasteiger partial charge on any atom is -0.277 e. The number of pyridine rings is 1. The Labute approximate surface area is 118 Å². The maximum absolute atomic E-state index is 12.8. The number of alkyl halides is 3. The summed E-state index contributed by atoms with van der Waals surface area (Å²) in [5.74, 6) is 0. The highest BCUT2D eigenvalue weighted by Gasteiger charge is 2.30. The van der Waals surface area contributed by atoms with Crippen molar-refractivity contribution in [2.24, 2.45) is 0 Å². The summed E-state index contributed by atoms with van der Waals surface area (Å²) in [6, 6.07) is 8.72. The fourth-order valence-electron chi connectivity index (χ4n) is 2.11. The summed E-state index contributed by atoms with van der Waals surface area (Å²) in [5.41, 5.74) is 1.87. The lowest BCUT2D eigenvalue weighted by atomic mass is 10.0. The van der Waals surface area contributed by atoms with E-state index < -0.39 is 11.7 Å². The first kappa shape index (κ1) is 13.4. The molecular formula is C15H10F3N3. The Morgan fingerprint density at radius 1 is 0.952 bits per heavy atom. The fourth-order valence-corrected chi connectivity index (χ4v) is 2.11. The highest BCUT2D eigenvalue weighted by molar-refractivity contribution is 5.80. The Hall–Kier alpha value is -2.63. The molecule has 0 saturated carbocycles. The summed E-state index contributed by atoms with van der Waals surface area (Å²) in [6.45, 7) is 0. The predicted octanol–water partition coefficient (Wildman–Crippen LogP) is 4.16. The highest BCUT2D eigenvalue weighted by Crippen LogP contribution is 2.34. The third-order valence-corrected chi connectivity index (χ3v) is 3.11. The van der Waals surface area contributed by atoms with Gasteiger partial charge in [0.2, 0.25) is 0 Å². The molecule has 0 aliphatic rings. The van der Waals surface area contributed by atoms with Gasteiger partial charge in [-0.1, -0.05) is 12.1 Å². The van der Waals surface area contributed by atoms with Gasteiger partial charge in [0.05, 0.1) is 17.5 Å². The van der Waals surface area contributed by atoms with Crippen molar-refractivity contribution in [3.05, 3.63) is 60.6 Å². The minimum atomic E-state index is -4.37. The van der Waals surface area contributed by atoms with E-state index in [1.807, 2.05) is 0 Å². The summed E-state index contributed by atoms with van der Waals surface area (Å²) in [6.07, 6.45) is 0.467. The number of halogens is 3. The number of nitrogens with one attached hydrogen (secondary N) is 1. The van der Waals surface area contributed by atoms with E-state index in [2.05, 4.69) is 15.2 Å². The first-order valence-electron chi connectivity index (χ1n) is 6.17.